The minimum absolute atomic E-state index is 0.996. The van der Waals surface area contributed by atoms with E-state index in [1.807, 2.05) is 12.1 Å². The summed E-state index contributed by atoms with van der Waals surface area (Å²) in [7, 11) is 0. The van der Waals surface area contributed by atoms with Crippen LogP contribution in [0, 0.1) is 5.92 Å². The smallest absolute Gasteiger partial charge is 0.0184 e. The van der Waals surface area contributed by atoms with Crippen LogP contribution in [0.5, 0.6) is 0 Å². The minimum Gasteiger partial charge on any atom is -0.0622 e. The van der Waals surface area contributed by atoms with Crippen LogP contribution < -0.4 is 0 Å². The first-order valence-corrected chi connectivity index (χ1v) is 9.59. The number of benzene rings is 2. The summed E-state index contributed by atoms with van der Waals surface area (Å²) in [5.74, 6) is 0.996. The molecule has 1 unspecified atom stereocenters. The van der Waals surface area contributed by atoms with Crippen LogP contribution in [-0.4, -0.2) is 49.0 Å². The summed E-state index contributed by atoms with van der Waals surface area (Å²) < 4.78 is 1.53. The maximum atomic E-state index is 2.34. The van der Waals surface area contributed by atoms with Crippen molar-refractivity contribution in [1.29, 1.82) is 0 Å². The molecule has 2 aromatic carbocycles. The summed E-state index contributed by atoms with van der Waals surface area (Å²) >= 11 is 1.09. The van der Waals surface area contributed by atoms with Crippen LogP contribution in [0.4, 0.5) is 0 Å². The second kappa shape index (κ2) is 10.8. The first-order valence-electron chi connectivity index (χ1n) is 7.38. The summed E-state index contributed by atoms with van der Waals surface area (Å²) in [5, 5.41) is 0. The zero-order valence-electron chi connectivity index (χ0n) is 12.5. The molecule has 1 atom stereocenters. The van der Waals surface area contributed by atoms with Crippen molar-refractivity contribution < 1.29 is 0 Å². The standard InChI is InChI=1S/C12H10.C6H13.K/c1-3-7-11(8-4-1)12-9-5-2-6-10-12;1-4-6(3)5-2;/h1-10H;6H,1,4-5H2,2-3H3;. The second-order valence-electron chi connectivity index (χ2n) is 5.03. The van der Waals surface area contributed by atoms with Crippen molar-refractivity contribution in [3.63, 3.8) is 0 Å². The van der Waals surface area contributed by atoms with Crippen LogP contribution >= 0.6 is 0 Å². The van der Waals surface area contributed by atoms with Crippen molar-refractivity contribution in [3.05, 3.63) is 60.7 Å². The molecule has 2 rings (SSSR count). The van der Waals surface area contributed by atoms with Gasteiger partial charge in [-0.2, -0.15) is 0 Å². The molecule has 0 bridgehead atoms. The molecule has 0 heterocycles. The van der Waals surface area contributed by atoms with Crippen LogP contribution in [0.2, 0.25) is 0.515 Å². The molecular weight excluding hydrogens is 255 g/mol. The monoisotopic (exact) mass is 278 g/mol. The van der Waals surface area contributed by atoms with Gasteiger partial charge in [-0.05, 0) is 11.1 Å². The fraction of sp³-hybridized carbons (Fsp3) is 0.333. The molecule has 0 aliphatic rings. The summed E-state index contributed by atoms with van der Waals surface area (Å²) in [4.78, 5) is 0. The number of hydrogen-bond acceptors (Lipinski definition) is 0. The van der Waals surface area contributed by atoms with Gasteiger partial charge in [0, 0.05) is 0 Å². The van der Waals surface area contributed by atoms with E-state index in [1.165, 1.54) is 24.5 Å². The molecule has 0 saturated heterocycles. The van der Waals surface area contributed by atoms with E-state index in [1.54, 1.807) is 0 Å². The topological polar surface area (TPSA) is 0 Å². The van der Waals surface area contributed by atoms with Gasteiger partial charge in [0.15, 0.2) is 0 Å². The summed E-state index contributed by atoms with van der Waals surface area (Å²) in [6.07, 6.45) is 2.85. The van der Waals surface area contributed by atoms with Crippen molar-refractivity contribution in [2.24, 2.45) is 5.92 Å². The van der Waals surface area contributed by atoms with Gasteiger partial charge in [0.05, 0.1) is 0 Å². The maximum absolute atomic E-state index is 2.34. The molecule has 96 valence electrons. The van der Waals surface area contributed by atoms with E-state index in [4.69, 9.17) is 0 Å². The fourth-order valence-electron chi connectivity index (χ4n) is 1.96. The Labute approximate surface area is 152 Å². The maximum Gasteiger partial charge on any atom is -0.0184 e. The van der Waals surface area contributed by atoms with E-state index < -0.39 is 0 Å². The second-order valence-corrected chi connectivity index (χ2v) is 6.60. The molecule has 0 N–H and O–H groups in total. The predicted molar refractivity (Wildman–Crippen MR) is 86.5 cm³/mol. The third kappa shape index (κ3) is 7.43. The molecule has 0 aliphatic carbocycles. The molecule has 0 radical (unpaired) electrons. The average molecular weight is 278 g/mol. The molecule has 19 heavy (non-hydrogen) atoms. The zero-order valence-corrected chi connectivity index (χ0v) is 15.6. The van der Waals surface area contributed by atoms with E-state index in [2.05, 4.69) is 62.4 Å². The molecule has 0 aromatic heterocycles. The van der Waals surface area contributed by atoms with E-state index in [0.717, 1.165) is 54.9 Å². The van der Waals surface area contributed by atoms with Gasteiger partial charge < -0.3 is 0 Å². The van der Waals surface area contributed by atoms with Crippen molar-refractivity contribution in [1.82, 2.24) is 0 Å². The Balaban J connectivity index is 0.000000224. The Hall–Kier alpha value is 0.0764. The SMILES string of the molecule is CCC(C)C[CH2][K].c1ccc(-c2ccccc2)cc1. The van der Waals surface area contributed by atoms with Gasteiger partial charge in [-0.1, -0.05) is 60.7 Å². The Kier molecular flexibility index (Phi) is 9.75. The van der Waals surface area contributed by atoms with Gasteiger partial charge in [-0.15, -0.1) is 0 Å². The summed E-state index contributed by atoms with van der Waals surface area (Å²) in [6, 6.07) is 20.8. The largest absolute Gasteiger partial charge is 0.0622 e. The molecule has 0 saturated carbocycles. The van der Waals surface area contributed by atoms with Crippen LogP contribution in [0.3, 0.4) is 0 Å². The summed E-state index contributed by atoms with van der Waals surface area (Å²) in [6.45, 7) is 4.61. The normalized spacial score (nSPS) is 11.4. The molecule has 0 amide bonds. The molecule has 2 aromatic rings. The van der Waals surface area contributed by atoms with Gasteiger partial charge in [-0.3, -0.25) is 0 Å². The Morgan fingerprint density at radius 2 is 1.26 bits per heavy atom. The Morgan fingerprint density at radius 3 is 1.53 bits per heavy atom. The fourth-order valence-corrected chi connectivity index (χ4v) is 3.50. The Morgan fingerprint density at radius 1 is 0.842 bits per heavy atom. The van der Waals surface area contributed by atoms with Crippen molar-refractivity contribution in [2.75, 3.05) is 0 Å². The van der Waals surface area contributed by atoms with E-state index in [9.17, 15) is 0 Å². The van der Waals surface area contributed by atoms with Gasteiger partial charge in [0.1, 0.15) is 0 Å². The quantitative estimate of drug-likeness (QED) is 0.660. The zero-order chi connectivity index (χ0) is 13.9. The first-order chi connectivity index (χ1) is 9.27. The van der Waals surface area contributed by atoms with Gasteiger partial charge >= 0.3 is 82.1 Å². The van der Waals surface area contributed by atoms with Crippen LogP contribution in [0.1, 0.15) is 26.7 Å². The molecule has 1 heteroatoms. The van der Waals surface area contributed by atoms with Crippen LogP contribution in [0.15, 0.2) is 60.7 Å². The van der Waals surface area contributed by atoms with Crippen LogP contribution in [0.25, 0.3) is 11.1 Å². The predicted octanol–water partition coefficient (Wildman–Crippen LogP) is 5.36. The number of hydrogen-bond donors (Lipinski definition) is 0. The van der Waals surface area contributed by atoms with Crippen molar-refractivity contribution in [2.45, 2.75) is 27.2 Å². The molecule has 0 fully saturated rings. The minimum atomic E-state index is 0.996. The van der Waals surface area contributed by atoms with E-state index in [-0.39, 0.29) is 0 Å². The first kappa shape index (κ1) is 17.1. The molecule has 0 nitrogen and oxygen atoms in total. The molecule has 0 aliphatic heterocycles. The van der Waals surface area contributed by atoms with E-state index in [0.29, 0.717) is 0 Å². The number of rotatable bonds is 4. The van der Waals surface area contributed by atoms with Gasteiger partial charge in [0.25, 0.3) is 0 Å². The Bertz CT molecular complexity index is 384. The third-order valence-corrected chi connectivity index (χ3v) is 4.26. The van der Waals surface area contributed by atoms with E-state index >= 15 is 0 Å². The van der Waals surface area contributed by atoms with Gasteiger partial charge in [0.2, 0.25) is 0 Å². The summed E-state index contributed by atoms with van der Waals surface area (Å²) in [5.41, 5.74) is 2.55. The molecular formula is C18H23K. The average Bonchev–Trinajstić information content (AvgIpc) is 2.50. The van der Waals surface area contributed by atoms with Crippen molar-refractivity contribution in [3.8, 4) is 11.1 Å². The van der Waals surface area contributed by atoms with Gasteiger partial charge in [-0.25, -0.2) is 0 Å². The van der Waals surface area contributed by atoms with Crippen LogP contribution in [-0.2, 0) is 0 Å². The van der Waals surface area contributed by atoms with Crippen molar-refractivity contribution >= 4 is 49.0 Å². The third-order valence-electron chi connectivity index (χ3n) is 3.36. The molecule has 0 spiro atoms.